The van der Waals surface area contributed by atoms with E-state index in [-0.39, 0.29) is 11.7 Å². The second kappa shape index (κ2) is 5.73. The number of nitrogens with zero attached hydrogens (tertiary/aromatic N) is 1. The summed E-state index contributed by atoms with van der Waals surface area (Å²) in [5, 5.41) is 0.894. The fourth-order valence-electron chi connectivity index (χ4n) is 3.81. The van der Waals surface area contributed by atoms with Gasteiger partial charge in [0.15, 0.2) is 0 Å². The summed E-state index contributed by atoms with van der Waals surface area (Å²) in [7, 11) is 0. The highest BCUT2D eigenvalue weighted by Gasteiger charge is 2.37. The van der Waals surface area contributed by atoms with Gasteiger partial charge < -0.3 is 9.88 Å². The lowest BCUT2D eigenvalue weighted by molar-refractivity contribution is -0.123. The molecular formula is C21H21FN2O. The highest BCUT2D eigenvalue weighted by Crippen LogP contribution is 2.36. The first-order valence-electron chi connectivity index (χ1n) is 8.65. The van der Waals surface area contributed by atoms with Crippen molar-refractivity contribution in [3.05, 3.63) is 65.6 Å². The van der Waals surface area contributed by atoms with Gasteiger partial charge in [0.25, 0.3) is 0 Å². The molecule has 1 aliphatic heterocycles. The summed E-state index contributed by atoms with van der Waals surface area (Å²) in [5.41, 5.74) is 3.14. The van der Waals surface area contributed by atoms with Gasteiger partial charge in [-0.1, -0.05) is 18.2 Å². The summed E-state index contributed by atoms with van der Waals surface area (Å²) >= 11 is 0. The largest absolute Gasteiger partial charge is 0.361 e. The third-order valence-electron chi connectivity index (χ3n) is 5.21. The number of carbonyl (C=O) groups is 1. The second-order valence-electron chi connectivity index (χ2n) is 7.21. The summed E-state index contributed by atoms with van der Waals surface area (Å²) in [5.74, 6) is -0.208. The molecule has 0 saturated carbocycles. The molecule has 0 spiro atoms. The predicted molar refractivity (Wildman–Crippen MR) is 98.4 cm³/mol. The van der Waals surface area contributed by atoms with Crippen molar-refractivity contribution in [3.63, 3.8) is 0 Å². The van der Waals surface area contributed by atoms with Gasteiger partial charge in [0.2, 0.25) is 5.91 Å². The van der Waals surface area contributed by atoms with Gasteiger partial charge >= 0.3 is 0 Å². The van der Waals surface area contributed by atoms with Gasteiger partial charge in [-0.3, -0.25) is 4.79 Å². The summed E-state index contributed by atoms with van der Waals surface area (Å²) in [6.45, 7) is 4.62. The van der Waals surface area contributed by atoms with Gasteiger partial charge in [0, 0.05) is 29.3 Å². The number of carbonyl (C=O) groups excluding carboxylic acids is 1. The lowest BCUT2D eigenvalue weighted by Crippen LogP contribution is -2.45. The van der Waals surface area contributed by atoms with Crippen LogP contribution in [0.1, 0.15) is 31.4 Å². The summed E-state index contributed by atoms with van der Waals surface area (Å²) in [6, 6.07) is 12.8. The molecule has 0 radical (unpaired) electrons. The van der Waals surface area contributed by atoms with E-state index in [1.165, 1.54) is 17.7 Å². The van der Waals surface area contributed by atoms with Crippen LogP contribution in [-0.2, 0) is 16.6 Å². The van der Waals surface area contributed by atoms with E-state index in [2.05, 4.69) is 11.1 Å². The monoisotopic (exact) mass is 336 g/mol. The first-order valence-corrected chi connectivity index (χ1v) is 8.65. The molecule has 0 bridgehead atoms. The van der Waals surface area contributed by atoms with E-state index < -0.39 is 5.41 Å². The highest BCUT2D eigenvalue weighted by molar-refractivity contribution is 6.04. The van der Waals surface area contributed by atoms with E-state index in [0.29, 0.717) is 0 Å². The second-order valence-corrected chi connectivity index (χ2v) is 7.21. The lowest BCUT2D eigenvalue weighted by Gasteiger charge is -2.35. The average molecular weight is 336 g/mol. The number of halogens is 1. The number of para-hydroxylation sites is 1. The van der Waals surface area contributed by atoms with Gasteiger partial charge in [-0.05, 0) is 62.1 Å². The zero-order valence-corrected chi connectivity index (χ0v) is 14.5. The smallest absolute Gasteiger partial charge is 0.237 e. The number of aromatic amines is 1. The molecule has 2 aromatic carbocycles. The molecule has 3 aromatic rings. The molecule has 4 rings (SSSR count). The number of anilines is 1. The molecule has 128 valence electrons. The van der Waals surface area contributed by atoms with Gasteiger partial charge in [0.05, 0.1) is 5.41 Å². The third kappa shape index (κ3) is 2.53. The summed E-state index contributed by atoms with van der Waals surface area (Å²) in [4.78, 5) is 18.4. The first-order chi connectivity index (χ1) is 12.0. The first kappa shape index (κ1) is 15.9. The fourth-order valence-corrected chi connectivity index (χ4v) is 3.81. The number of fused-ring (bicyclic) bond motifs is 2. The van der Waals surface area contributed by atoms with Gasteiger partial charge in [0.1, 0.15) is 5.82 Å². The molecule has 0 saturated heterocycles. The van der Waals surface area contributed by atoms with E-state index in [9.17, 15) is 9.18 Å². The van der Waals surface area contributed by atoms with Crippen LogP contribution >= 0.6 is 0 Å². The Balaban J connectivity index is 1.76. The Bertz CT molecular complexity index is 957. The Morgan fingerprint density at radius 3 is 2.84 bits per heavy atom. The van der Waals surface area contributed by atoms with Gasteiger partial charge in [-0.25, -0.2) is 4.39 Å². The topological polar surface area (TPSA) is 36.1 Å². The van der Waals surface area contributed by atoms with Crippen molar-refractivity contribution in [2.24, 2.45) is 0 Å². The number of hydrogen-bond acceptors (Lipinski definition) is 1. The Morgan fingerprint density at radius 1 is 1.20 bits per heavy atom. The van der Waals surface area contributed by atoms with Crippen LogP contribution in [0.25, 0.3) is 10.9 Å². The molecule has 1 amide bonds. The maximum absolute atomic E-state index is 13.5. The van der Waals surface area contributed by atoms with Crippen LogP contribution < -0.4 is 4.90 Å². The third-order valence-corrected chi connectivity index (χ3v) is 5.21. The fraction of sp³-hybridized carbons (Fsp3) is 0.286. The van der Waals surface area contributed by atoms with E-state index in [1.807, 2.05) is 43.1 Å². The maximum Gasteiger partial charge on any atom is 0.237 e. The van der Waals surface area contributed by atoms with Crippen LogP contribution in [-0.4, -0.2) is 17.4 Å². The SMILES string of the molecule is CC(C)(C(=O)N1CCCc2ccccc21)c1c[nH]c2cc(F)ccc12. The molecule has 0 unspecified atom stereocenters. The number of aromatic nitrogens is 1. The van der Waals surface area contributed by atoms with Crippen molar-refractivity contribution in [2.75, 3.05) is 11.4 Å². The Kier molecular flexibility index (Phi) is 3.64. The summed E-state index contributed by atoms with van der Waals surface area (Å²) < 4.78 is 13.5. The molecule has 1 aromatic heterocycles. The normalized spacial score (nSPS) is 14.6. The van der Waals surface area contributed by atoms with E-state index in [1.54, 1.807) is 6.07 Å². The number of aryl methyl sites for hydroxylation is 1. The average Bonchev–Trinajstić information content (AvgIpc) is 3.04. The van der Waals surface area contributed by atoms with E-state index >= 15 is 0 Å². The number of nitrogens with one attached hydrogen (secondary N) is 1. The highest BCUT2D eigenvalue weighted by atomic mass is 19.1. The maximum atomic E-state index is 13.5. The van der Waals surface area contributed by atoms with Crippen molar-refractivity contribution in [1.29, 1.82) is 0 Å². The molecule has 1 aliphatic rings. The van der Waals surface area contributed by atoms with Crippen LogP contribution in [0.4, 0.5) is 10.1 Å². The molecular weight excluding hydrogens is 315 g/mol. The molecule has 2 heterocycles. The molecule has 0 aliphatic carbocycles. The van der Waals surface area contributed by atoms with E-state index in [4.69, 9.17) is 0 Å². The lowest BCUT2D eigenvalue weighted by atomic mass is 9.82. The molecule has 1 N–H and O–H groups in total. The Hall–Kier alpha value is -2.62. The summed E-state index contributed by atoms with van der Waals surface area (Å²) in [6.07, 6.45) is 3.81. The van der Waals surface area contributed by atoms with Gasteiger partial charge in [-0.2, -0.15) is 0 Å². The minimum Gasteiger partial charge on any atom is -0.361 e. The number of amides is 1. The van der Waals surface area contributed by atoms with Crippen LogP contribution in [0.2, 0.25) is 0 Å². The number of hydrogen-bond donors (Lipinski definition) is 1. The van der Waals surface area contributed by atoms with Crippen molar-refractivity contribution < 1.29 is 9.18 Å². The van der Waals surface area contributed by atoms with Crippen molar-refractivity contribution in [2.45, 2.75) is 32.1 Å². The van der Waals surface area contributed by atoms with E-state index in [0.717, 1.165) is 41.5 Å². The van der Waals surface area contributed by atoms with Crippen LogP contribution in [0.3, 0.4) is 0 Å². The Morgan fingerprint density at radius 2 is 2.00 bits per heavy atom. The van der Waals surface area contributed by atoms with Crippen LogP contribution in [0.5, 0.6) is 0 Å². The van der Waals surface area contributed by atoms with Gasteiger partial charge in [-0.15, -0.1) is 0 Å². The Labute approximate surface area is 146 Å². The molecule has 25 heavy (non-hydrogen) atoms. The number of benzene rings is 2. The molecule has 4 heteroatoms. The van der Waals surface area contributed by atoms with Crippen LogP contribution in [0, 0.1) is 5.82 Å². The number of H-pyrrole nitrogens is 1. The minimum absolute atomic E-state index is 0.0740. The van der Waals surface area contributed by atoms with Crippen molar-refractivity contribution >= 4 is 22.5 Å². The van der Waals surface area contributed by atoms with Crippen molar-refractivity contribution in [3.8, 4) is 0 Å². The predicted octanol–water partition coefficient (Wildman–Crippen LogP) is 4.56. The standard InChI is InChI=1S/C21H21FN2O/c1-21(2,17-13-23-18-12-15(22)9-10-16(17)18)20(25)24-11-5-7-14-6-3-4-8-19(14)24/h3-4,6,8-10,12-13,23H,5,7,11H2,1-2H3. The quantitative estimate of drug-likeness (QED) is 0.731. The molecule has 3 nitrogen and oxygen atoms in total. The minimum atomic E-state index is -0.708. The molecule has 0 fully saturated rings. The van der Waals surface area contributed by atoms with Crippen molar-refractivity contribution in [1.82, 2.24) is 4.98 Å². The van der Waals surface area contributed by atoms with Crippen LogP contribution in [0.15, 0.2) is 48.7 Å². The molecule has 0 atom stereocenters. The zero-order chi connectivity index (χ0) is 17.6. The zero-order valence-electron chi connectivity index (χ0n) is 14.5. The number of rotatable bonds is 2.